The number of fused-ring (bicyclic) bond motifs is 1. The van der Waals surface area contributed by atoms with Crippen LogP contribution in [0.5, 0.6) is 5.75 Å². The van der Waals surface area contributed by atoms with Crippen LogP contribution in [0.4, 0.5) is 0 Å². The summed E-state index contributed by atoms with van der Waals surface area (Å²) in [6.07, 6.45) is 10.4. The van der Waals surface area contributed by atoms with Gasteiger partial charge >= 0.3 is 5.97 Å². The normalized spacial score (nSPS) is 40.4. The van der Waals surface area contributed by atoms with Crippen molar-refractivity contribution < 1.29 is 29.2 Å². The third-order valence-electron chi connectivity index (χ3n) is 8.94. The number of rotatable bonds is 5. The summed E-state index contributed by atoms with van der Waals surface area (Å²) in [6.45, 7) is 4.97. The van der Waals surface area contributed by atoms with Crippen LogP contribution in [0.3, 0.4) is 0 Å². The number of aliphatic hydroxyl groups is 2. The first-order chi connectivity index (χ1) is 16.2. The Morgan fingerprint density at radius 1 is 1.18 bits per heavy atom. The van der Waals surface area contributed by atoms with E-state index in [-0.39, 0.29) is 35.4 Å². The summed E-state index contributed by atoms with van der Waals surface area (Å²) in [7, 11) is 1.62. The van der Waals surface area contributed by atoms with Crippen LogP contribution >= 0.6 is 0 Å². The van der Waals surface area contributed by atoms with Crippen molar-refractivity contribution in [1.29, 1.82) is 0 Å². The largest absolute Gasteiger partial charge is 0.497 e. The zero-order valence-electron chi connectivity index (χ0n) is 20.1. The van der Waals surface area contributed by atoms with Crippen LogP contribution in [-0.2, 0) is 14.3 Å². The second kappa shape index (κ2) is 8.36. The Morgan fingerprint density at radius 3 is 2.56 bits per heavy atom. The van der Waals surface area contributed by atoms with Gasteiger partial charge in [0.05, 0.1) is 37.6 Å². The number of ether oxygens (including phenoxy) is 3. The standard InChI is InChI=1S/C28H34O6/c1-26-12-11-24(30)27(2,16-29)22(26)10-13-28(17-33-28)23(26)9-6-19-15-21(34-25(19)31)14-18-4-7-20(32-3)8-5-18/h4-9,14-15,22-24,29-30H,10-13,16-17H2,1-3H3/b9-6+,21-14-/t22-,23-,24+,26+,27-,28+/m0/s1. The quantitative estimate of drug-likeness (QED) is 0.503. The number of hydrogen-bond acceptors (Lipinski definition) is 6. The predicted molar refractivity (Wildman–Crippen MR) is 128 cm³/mol. The molecule has 1 saturated heterocycles. The molecule has 6 heteroatoms. The molecule has 2 N–H and O–H groups in total. The number of benzene rings is 1. The van der Waals surface area contributed by atoms with Crippen LogP contribution in [0.1, 0.15) is 45.1 Å². The van der Waals surface area contributed by atoms with Crippen molar-refractivity contribution in [1.82, 2.24) is 0 Å². The van der Waals surface area contributed by atoms with Gasteiger partial charge in [0, 0.05) is 11.3 Å². The van der Waals surface area contributed by atoms with Gasteiger partial charge in [-0.3, -0.25) is 0 Å². The highest BCUT2D eigenvalue weighted by Gasteiger charge is 2.66. The fraction of sp³-hybridized carbons (Fsp3) is 0.536. The zero-order chi connectivity index (χ0) is 24.1. The van der Waals surface area contributed by atoms with Gasteiger partial charge < -0.3 is 24.4 Å². The van der Waals surface area contributed by atoms with Gasteiger partial charge in [0.2, 0.25) is 0 Å². The van der Waals surface area contributed by atoms with E-state index in [2.05, 4.69) is 13.0 Å². The molecule has 0 radical (unpaired) electrons. The highest BCUT2D eigenvalue weighted by molar-refractivity contribution is 5.96. The van der Waals surface area contributed by atoms with E-state index in [1.165, 1.54) is 0 Å². The molecule has 0 bridgehead atoms. The van der Waals surface area contributed by atoms with Gasteiger partial charge in [-0.2, -0.15) is 0 Å². The van der Waals surface area contributed by atoms with Crippen molar-refractivity contribution in [2.24, 2.45) is 22.7 Å². The molecule has 2 heterocycles. The maximum atomic E-state index is 12.6. The molecule has 1 aromatic rings. The fourth-order valence-corrected chi connectivity index (χ4v) is 6.80. The number of cyclic esters (lactones) is 1. The second-order valence-electron chi connectivity index (χ2n) is 10.8. The summed E-state index contributed by atoms with van der Waals surface area (Å²) >= 11 is 0. The average Bonchev–Trinajstić information content (AvgIpc) is 3.51. The molecule has 5 rings (SSSR count). The van der Waals surface area contributed by atoms with Crippen molar-refractivity contribution in [2.45, 2.75) is 51.2 Å². The Balaban J connectivity index is 1.41. The number of carbonyl (C=O) groups is 1. The van der Waals surface area contributed by atoms with Crippen molar-refractivity contribution in [3.8, 4) is 5.75 Å². The van der Waals surface area contributed by atoms with Crippen LogP contribution < -0.4 is 4.74 Å². The molecular weight excluding hydrogens is 432 g/mol. The lowest BCUT2D eigenvalue weighted by Crippen LogP contribution is -2.60. The maximum Gasteiger partial charge on any atom is 0.343 e. The number of aliphatic hydroxyl groups excluding tert-OH is 2. The Kier molecular flexibility index (Phi) is 5.74. The fourth-order valence-electron chi connectivity index (χ4n) is 6.80. The molecule has 2 aliphatic heterocycles. The Labute approximate surface area is 200 Å². The lowest BCUT2D eigenvalue weighted by atomic mass is 9.45. The molecule has 6 atom stereocenters. The van der Waals surface area contributed by atoms with E-state index in [9.17, 15) is 15.0 Å². The molecule has 0 aromatic heterocycles. The summed E-state index contributed by atoms with van der Waals surface area (Å²) in [6, 6.07) is 7.55. The number of carbonyl (C=O) groups excluding carboxylic acids is 1. The highest BCUT2D eigenvalue weighted by Crippen LogP contribution is 2.65. The van der Waals surface area contributed by atoms with Gasteiger partial charge in [0.15, 0.2) is 0 Å². The van der Waals surface area contributed by atoms with Crippen LogP contribution in [0.15, 0.2) is 53.8 Å². The van der Waals surface area contributed by atoms with Gasteiger partial charge in [-0.1, -0.05) is 38.1 Å². The molecule has 0 unspecified atom stereocenters. The van der Waals surface area contributed by atoms with Crippen molar-refractivity contribution in [3.63, 3.8) is 0 Å². The molecule has 34 heavy (non-hydrogen) atoms. The first-order valence-electron chi connectivity index (χ1n) is 12.1. The van der Waals surface area contributed by atoms with Crippen LogP contribution in [0.2, 0.25) is 0 Å². The van der Waals surface area contributed by atoms with E-state index in [0.29, 0.717) is 17.8 Å². The van der Waals surface area contributed by atoms with Crippen LogP contribution in [-0.4, -0.2) is 48.2 Å². The lowest BCUT2D eigenvalue weighted by molar-refractivity contribution is -0.167. The minimum atomic E-state index is -0.532. The molecular formula is C28H34O6. The molecule has 6 nitrogen and oxygen atoms in total. The third-order valence-corrected chi connectivity index (χ3v) is 8.94. The predicted octanol–water partition coefficient (Wildman–Crippen LogP) is 4.03. The van der Waals surface area contributed by atoms with Crippen molar-refractivity contribution >= 4 is 12.0 Å². The number of epoxide rings is 1. The smallest absolute Gasteiger partial charge is 0.343 e. The van der Waals surface area contributed by atoms with Gasteiger partial charge in [-0.05, 0) is 66.9 Å². The first kappa shape index (κ1) is 23.3. The summed E-state index contributed by atoms with van der Waals surface area (Å²) in [4.78, 5) is 12.6. The van der Waals surface area contributed by atoms with E-state index in [4.69, 9.17) is 14.2 Å². The van der Waals surface area contributed by atoms with Gasteiger partial charge in [0.25, 0.3) is 0 Å². The molecule has 182 valence electrons. The van der Waals surface area contributed by atoms with Gasteiger partial charge in [-0.15, -0.1) is 0 Å². The molecule has 2 aliphatic carbocycles. The number of hydrogen-bond donors (Lipinski definition) is 2. The zero-order valence-corrected chi connectivity index (χ0v) is 20.1. The molecule has 2 saturated carbocycles. The first-order valence-corrected chi connectivity index (χ1v) is 12.1. The van der Waals surface area contributed by atoms with Gasteiger partial charge in [0.1, 0.15) is 11.5 Å². The summed E-state index contributed by atoms with van der Waals surface area (Å²) in [5.74, 6) is 1.19. The van der Waals surface area contributed by atoms with E-state index in [0.717, 1.165) is 37.2 Å². The number of allylic oxidation sites excluding steroid dienone is 1. The van der Waals surface area contributed by atoms with Crippen molar-refractivity contribution in [2.75, 3.05) is 20.3 Å². The third kappa shape index (κ3) is 3.72. The maximum absolute atomic E-state index is 12.6. The van der Waals surface area contributed by atoms with E-state index >= 15 is 0 Å². The number of esters is 1. The molecule has 1 spiro atoms. The van der Waals surface area contributed by atoms with Crippen molar-refractivity contribution in [3.05, 3.63) is 59.4 Å². The van der Waals surface area contributed by atoms with E-state index in [1.54, 1.807) is 13.2 Å². The molecule has 1 aromatic carbocycles. The van der Waals surface area contributed by atoms with Crippen LogP contribution in [0.25, 0.3) is 6.08 Å². The summed E-state index contributed by atoms with van der Waals surface area (Å²) in [5, 5.41) is 21.0. The Morgan fingerprint density at radius 2 is 1.91 bits per heavy atom. The van der Waals surface area contributed by atoms with E-state index < -0.39 is 11.5 Å². The minimum absolute atomic E-state index is 0.0320. The monoisotopic (exact) mass is 466 g/mol. The average molecular weight is 467 g/mol. The second-order valence-corrected chi connectivity index (χ2v) is 10.8. The molecule has 0 amide bonds. The molecule has 3 fully saturated rings. The summed E-state index contributed by atoms with van der Waals surface area (Å²) < 4.78 is 16.7. The molecule has 4 aliphatic rings. The highest BCUT2D eigenvalue weighted by atomic mass is 16.6. The Bertz CT molecular complexity index is 1050. The minimum Gasteiger partial charge on any atom is -0.497 e. The summed E-state index contributed by atoms with van der Waals surface area (Å²) in [5.41, 5.74) is 0.567. The number of methoxy groups -OCH3 is 1. The lowest BCUT2D eigenvalue weighted by Gasteiger charge is -2.60. The SMILES string of the molecule is COc1ccc(/C=C2C=C(/C=C/[C@@H]3[C@@]4(CC[C@@H]5[C@](C)(CO)[C@H](O)CC[C@]53C)CO4)C(=O)O/2)cc1. The van der Waals surface area contributed by atoms with Crippen LogP contribution in [0, 0.1) is 22.7 Å². The topological polar surface area (TPSA) is 88.5 Å². The van der Waals surface area contributed by atoms with Gasteiger partial charge in [-0.25, -0.2) is 4.79 Å². The van der Waals surface area contributed by atoms with E-state index in [1.807, 2.05) is 43.3 Å². The Hall–Kier alpha value is -2.41.